The number of amides is 2. The number of fused-ring (bicyclic) bond motifs is 1. The number of ether oxygens (including phenoxy) is 1. The molecule has 9 nitrogen and oxygen atoms in total. The number of carbonyl (C=O) groups is 1. The highest BCUT2D eigenvalue weighted by atomic mass is 16.5. The molecule has 2 aromatic rings. The fourth-order valence-electron chi connectivity index (χ4n) is 3.27. The van der Waals surface area contributed by atoms with Crippen molar-refractivity contribution in [2.24, 2.45) is 7.05 Å². The number of aryl methyl sites for hydroxylation is 1. The lowest BCUT2D eigenvalue weighted by Crippen LogP contribution is -2.55. The standard InChI is InChI=1S/C15H21N7O2/c1-19-13-12(10-18-19)14(17-11-16-13)20-2-4-21(5-3-20)15(23)22-6-8-24-9-7-22/h10-11H,2-9H2,1H3. The van der Waals surface area contributed by atoms with E-state index in [1.807, 2.05) is 16.8 Å². The molecule has 0 bridgehead atoms. The molecule has 2 aliphatic heterocycles. The Labute approximate surface area is 139 Å². The van der Waals surface area contributed by atoms with Gasteiger partial charge in [-0.15, -0.1) is 0 Å². The van der Waals surface area contributed by atoms with Gasteiger partial charge in [-0.3, -0.25) is 4.68 Å². The SMILES string of the molecule is Cn1ncc2c(N3CCN(C(=O)N4CCOCC4)CC3)ncnc21. The van der Waals surface area contributed by atoms with Crippen LogP contribution >= 0.6 is 0 Å². The van der Waals surface area contributed by atoms with E-state index in [1.54, 1.807) is 17.2 Å². The van der Waals surface area contributed by atoms with Gasteiger partial charge in [0.25, 0.3) is 0 Å². The van der Waals surface area contributed by atoms with Crippen molar-refractivity contribution >= 4 is 22.9 Å². The molecule has 0 aliphatic carbocycles. The average molecular weight is 331 g/mol. The summed E-state index contributed by atoms with van der Waals surface area (Å²) in [5.41, 5.74) is 0.826. The fraction of sp³-hybridized carbons (Fsp3) is 0.600. The summed E-state index contributed by atoms with van der Waals surface area (Å²) < 4.78 is 7.06. The third kappa shape index (κ3) is 2.64. The lowest BCUT2D eigenvalue weighted by molar-refractivity contribution is 0.0428. The minimum Gasteiger partial charge on any atom is -0.378 e. The number of hydrogen-bond acceptors (Lipinski definition) is 6. The van der Waals surface area contributed by atoms with E-state index in [2.05, 4.69) is 20.0 Å². The van der Waals surface area contributed by atoms with Crippen molar-refractivity contribution in [3.8, 4) is 0 Å². The molecule has 0 saturated carbocycles. The van der Waals surface area contributed by atoms with Gasteiger partial charge in [-0.1, -0.05) is 0 Å². The largest absolute Gasteiger partial charge is 0.378 e. The first kappa shape index (κ1) is 15.1. The minimum absolute atomic E-state index is 0.118. The van der Waals surface area contributed by atoms with Crippen molar-refractivity contribution in [3.05, 3.63) is 12.5 Å². The zero-order chi connectivity index (χ0) is 16.5. The van der Waals surface area contributed by atoms with Gasteiger partial charge in [0.15, 0.2) is 5.65 Å². The maximum atomic E-state index is 12.6. The summed E-state index contributed by atoms with van der Waals surface area (Å²) >= 11 is 0. The second-order valence-corrected chi connectivity index (χ2v) is 6.06. The molecular weight excluding hydrogens is 310 g/mol. The van der Waals surface area contributed by atoms with E-state index in [9.17, 15) is 4.79 Å². The molecule has 2 fully saturated rings. The Balaban J connectivity index is 1.44. The highest BCUT2D eigenvalue weighted by Crippen LogP contribution is 2.23. The van der Waals surface area contributed by atoms with Crippen LogP contribution < -0.4 is 4.90 Å². The maximum absolute atomic E-state index is 12.6. The monoisotopic (exact) mass is 331 g/mol. The second kappa shape index (κ2) is 6.23. The molecule has 4 heterocycles. The number of hydrogen-bond donors (Lipinski definition) is 0. The Kier molecular flexibility index (Phi) is 3.93. The molecule has 9 heteroatoms. The van der Waals surface area contributed by atoms with Crippen molar-refractivity contribution in [2.75, 3.05) is 57.4 Å². The molecule has 2 aromatic heterocycles. The fourth-order valence-corrected chi connectivity index (χ4v) is 3.27. The molecule has 2 aliphatic rings. The Bertz CT molecular complexity index is 732. The van der Waals surface area contributed by atoms with Crippen molar-refractivity contribution in [1.29, 1.82) is 0 Å². The lowest BCUT2D eigenvalue weighted by atomic mass is 10.3. The number of carbonyl (C=O) groups excluding carboxylic acids is 1. The smallest absolute Gasteiger partial charge is 0.320 e. The molecular formula is C15H21N7O2. The first-order valence-electron chi connectivity index (χ1n) is 8.23. The third-order valence-corrected chi connectivity index (χ3v) is 4.64. The number of piperazine rings is 1. The van der Waals surface area contributed by atoms with Crippen LogP contribution in [0, 0.1) is 0 Å². The number of anilines is 1. The van der Waals surface area contributed by atoms with Gasteiger partial charge in [0.1, 0.15) is 12.1 Å². The molecule has 0 radical (unpaired) electrons. The molecule has 0 spiro atoms. The molecule has 2 saturated heterocycles. The molecule has 0 aromatic carbocycles. The van der Waals surface area contributed by atoms with Gasteiger partial charge < -0.3 is 19.4 Å². The second-order valence-electron chi connectivity index (χ2n) is 6.06. The first-order valence-corrected chi connectivity index (χ1v) is 8.23. The summed E-state index contributed by atoms with van der Waals surface area (Å²) in [5, 5.41) is 5.21. The van der Waals surface area contributed by atoms with Crippen molar-refractivity contribution in [1.82, 2.24) is 29.5 Å². The minimum atomic E-state index is 0.118. The number of rotatable bonds is 1. The van der Waals surface area contributed by atoms with Crippen LogP contribution in [0.5, 0.6) is 0 Å². The molecule has 0 atom stereocenters. The van der Waals surface area contributed by atoms with E-state index in [0.29, 0.717) is 39.4 Å². The van der Waals surface area contributed by atoms with Gasteiger partial charge >= 0.3 is 6.03 Å². The summed E-state index contributed by atoms with van der Waals surface area (Å²) in [6.45, 7) is 5.54. The van der Waals surface area contributed by atoms with Crippen molar-refractivity contribution < 1.29 is 9.53 Å². The van der Waals surface area contributed by atoms with Gasteiger partial charge in [-0.05, 0) is 0 Å². The van der Waals surface area contributed by atoms with Crippen LogP contribution in [0.3, 0.4) is 0 Å². The highest BCUT2D eigenvalue weighted by molar-refractivity contribution is 5.86. The van der Waals surface area contributed by atoms with Crippen LogP contribution in [0.25, 0.3) is 11.0 Å². The van der Waals surface area contributed by atoms with Crippen molar-refractivity contribution in [2.45, 2.75) is 0 Å². The lowest BCUT2D eigenvalue weighted by Gasteiger charge is -2.39. The van der Waals surface area contributed by atoms with E-state index in [1.165, 1.54) is 0 Å². The quantitative estimate of drug-likeness (QED) is 0.728. The Morgan fingerprint density at radius 2 is 1.75 bits per heavy atom. The van der Waals surface area contributed by atoms with E-state index in [-0.39, 0.29) is 6.03 Å². The number of urea groups is 1. The summed E-state index contributed by atoms with van der Waals surface area (Å²) in [4.78, 5) is 27.3. The average Bonchev–Trinajstić information content (AvgIpc) is 3.03. The van der Waals surface area contributed by atoms with E-state index in [0.717, 1.165) is 29.9 Å². The van der Waals surface area contributed by atoms with Crippen LogP contribution in [0.1, 0.15) is 0 Å². The van der Waals surface area contributed by atoms with E-state index >= 15 is 0 Å². The van der Waals surface area contributed by atoms with Gasteiger partial charge in [-0.25, -0.2) is 14.8 Å². The topological polar surface area (TPSA) is 79.6 Å². The van der Waals surface area contributed by atoms with Crippen molar-refractivity contribution in [3.63, 3.8) is 0 Å². The molecule has 0 unspecified atom stereocenters. The van der Waals surface area contributed by atoms with Gasteiger partial charge in [0, 0.05) is 46.3 Å². The van der Waals surface area contributed by atoms with Gasteiger partial charge in [0.05, 0.1) is 24.8 Å². The highest BCUT2D eigenvalue weighted by Gasteiger charge is 2.27. The summed E-state index contributed by atoms with van der Waals surface area (Å²) in [6, 6.07) is 0.118. The first-order chi connectivity index (χ1) is 11.7. The molecule has 128 valence electrons. The molecule has 4 rings (SSSR count). The zero-order valence-electron chi connectivity index (χ0n) is 13.8. The summed E-state index contributed by atoms with van der Waals surface area (Å²) in [6.07, 6.45) is 3.38. The zero-order valence-corrected chi connectivity index (χ0v) is 13.8. The maximum Gasteiger partial charge on any atom is 0.320 e. The van der Waals surface area contributed by atoms with Crippen LogP contribution in [-0.4, -0.2) is 88.1 Å². The van der Waals surface area contributed by atoms with E-state index in [4.69, 9.17) is 4.74 Å². The molecule has 0 N–H and O–H groups in total. The van der Waals surface area contributed by atoms with Crippen LogP contribution in [0.15, 0.2) is 12.5 Å². The summed E-state index contributed by atoms with van der Waals surface area (Å²) in [5.74, 6) is 0.895. The summed E-state index contributed by atoms with van der Waals surface area (Å²) in [7, 11) is 1.87. The predicted molar refractivity (Wildman–Crippen MR) is 87.9 cm³/mol. The van der Waals surface area contributed by atoms with Crippen LogP contribution in [-0.2, 0) is 11.8 Å². The van der Waals surface area contributed by atoms with Gasteiger partial charge in [-0.2, -0.15) is 5.10 Å². The van der Waals surface area contributed by atoms with Crippen LogP contribution in [0.2, 0.25) is 0 Å². The molecule has 2 amide bonds. The Morgan fingerprint density at radius 1 is 1.04 bits per heavy atom. The molecule has 24 heavy (non-hydrogen) atoms. The Hall–Kier alpha value is -2.42. The normalized spacial score (nSPS) is 19.1. The number of morpholine rings is 1. The van der Waals surface area contributed by atoms with Gasteiger partial charge in [0.2, 0.25) is 0 Å². The predicted octanol–water partition coefficient (Wildman–Crippen LogP) is -0.0625. The number of nitrogens with zero attached hydrogens (tertiary/aromatic N) is 7. The van der Waals surface area contributed by atoms with Crippen LogP contribution in [0.4, 0.5) is 10.6 Å². The van der Waals surface area contributed by atoms with E-state index < -0.39 is 0 Å². The Morgan fingerprint density at radius 3 is 2.50 bits per heavy atom. The number of aromatic nitrogens is 4. The third-order valence-electron chi connectivity index (χ3n) is 4.64.